The number of imidazole rings is 1. The summed E-state index contributed by atoms with van der Waals surface area (Å²) in [7, 11) is -4.73. The maximum atomic E-state index is 10.8. The molecule has 0 spiro atoms. The summed E-state index contributed by atoms with van der Waals surface area (Å²) in [6.45, 7) is -0.605. The molecular formula is C10H13BrN5O7P. The smallest absolute Gasteiger partial charge is 0.387 e. The van der Waals surface area contributed by atoms with E-state index in [1.165, 1.54) is 10.9 Å². The predicted molar refractivity (Wildman–Crippen MR) is 81.4 cm³/mol. The highest BCUT2D eigenvalue weighted by Crippen LogP contribution is 2.38. The fraction of sp³-hybridized carbons (Fsp3) is 0.500. The number of aliphatic hydroxyl groups is 2. The number of aliphatic hydroxyl groups excluding tert-OH is 2. The summed E-state index contributed by atoms with van der Waals surface area (Å²) in [6.07, 6.45) is -3.78. The number of rotatable bonds is 4. The summed E-state index contributed by atoms with van der Waals surface area (Å²) < 4.78 is 22.1. The molecule has 3 rings (SSSR count). The first-order chi connectivity index (χ1) is 11.2. The van der Waals surface area contributed by atoms with E-state index < -0.39 is 39.0 Å². The van der Waals surface area contributed by atoms with Gasteiger partial charge in [0.2, 0.25) is 4.73 Å². The Labute approximate surface area is 142 Å². The molecule has 132 valence electrons. The van der Waals surface area contributed by atoms with Crippen LogP contribution in [-0.4, -0.2) is 64.4 Å². The quantitative estimate of drug-likeness (QED) is 0.295. The van der Waals surface area contributed by atoms with Gasteiger partial charge in [-0.25, -0.2) is 19.5 Å². The van der Waals surface area contributed by atoms with Crippen molar-refractivity contribution in [1.82, 2.24) is 19.5 Å². The summed E-state index contributed by atoms with van der Waals surface area (Å²) in [5.74, 6) is 0.111. The third kappa shape index (κ3) is 3.30. The van der Waals surface area contributed by atoms with Crippen LogP contribution in [0.25, 0.3) is 11.2 Å². The lowest BCUT2D eigenvalue weighted by atomic mass is 10.1. The van der Waals surface area contributed by atoms with Crippen molar-refractivity contribution < 1.29 is 33.8 Å². The second-order valence-electron chi connectivity index (χ2n) is 5.03. The van der Waals surface area contributed by atoms with Crippen molar-refractivity contribution in [3.8, 4) is 0 Å². The van der Waals surface area contributed by atoms with Gasteiger partial charge >= 0.3 is 7.82 Å². The van der Waals surface area contributed by atoms with E-state index in [0.717, 1.165) is 0 Å². The molecule has 0 aliphatic carbocycles. The van der Waals surface area contributed by atoms with Crippen LogP contribution in [0, 0.1) is 0 Å². The first kappa shape index (κ1) is 17.6. The molecule has 4 atom stereocenters. The molecule has 2 aromatic heterocycles. The second kappa shape index (κ2) is 6.28. The van der Waals surface area contributed by atoms with Crippen LogP contribution < -0.4 is 5.73 Å². The van der Waals surface area contributed by atoms with Gasteiger partial charge in [-0.3, -0.25) is 9.09 Å². The van der Waals surface area contributed by atoms with Crippen LogP contribution in [0.4, 0.5) is 5.82 Å². The SMILES string of the molecule is Nc1nc(Br)nc2c1ncn2[C@@H]1O[C@H](COP(=O)(O)O)[C@@H](O)[C@H]1O. The van der Waals surface area contributed by atoms with Gasteiger partial charge in [-0.2, -0.15) is 0 Å². The Bertz CT molecular complexity index is 812. The summed E-state index contributed by atoms with van der Waals surface area (Å²) in [4.78, 5) is 29.5. The van der Waals surface area contributed by atoms with Crippen LogP contribution in [0.1, 0.15) is 6.23 Å². The Morgan fingerprint density at radius 2 is 2.08 bits per heavy atom. The summed E-state index contributed by atoms with van der Waals surface area (Å²) >= 11 is 3.09. The Morgan fingerprint density at radius 3 is 2.75 bits per heavy atom. The number of phosphoric acid groups is 1. The molecule has 1 aliphatic rings. The number of hydrogen-bond acceptors (Lipinski definition) is 9. The summed E-state index contributed by atoms with van der Waals surface area (Å²) in [5.41, 5.74) is 6.27. The number of nitrogens with zero attached hydrogens (tertiary/aromatic N) is 4. The van der Waals surface area contributed by atoms with Crippen molar-refractivity contribution in [2.75, 3.05) is 12.3 Å². The lowest BCUT2D eigenvalue weighted by molar-refractivity contribution is -0.0504. The number of nitrogens with two attached hydrogens (primary N) is 1. The minimum atomic E-state index is -4.73. The summed E-state index contributed by atoms with van der Waals surface area (Å²) in [6, 6.07) is 0. The number of ether oxygens (including phenoxy) is 1. The van der Waals surface area contributed by atoms with Crippen molar-refractivity contribution in [3.63, 3.8) is 0 Å². The predicted octanol–water partition coefficient (Wildman–Crippen LogP) is -1.10. The highest BCUT2D eigenvalue weighted by molar-refractivity contribution is 9.10. The second-order valence-corrected chi connectivity index (χ2v) is 6.98. The maximum Gasteiger partial charge on any atom is 0.469 e. The fourth-order valence-electron chi connectivity index (χ4n) is 2.36. The fourth-order valence-corrected chi connectivity index (χ4v) is 3.06. The average Bonchev–Trinajstić information content (AvgIpc) is 3.00. The molecule has 24 heavy (non-hydrogen) atoms. The zero-order valence-electron chi connectivity index (χ0n) is 11.8. The molecular weight excluding hydrogens is 413 g/mol. The van der Waals surface area contributed by atoms with E-state index in [4.69, 9.17) is 20.3 Å². The molecule has 0 saturated carbocycles. The van der Waals surface area contributed by atoms with Crippen LogP contribution in [0.2, 0.25) is 0 Å². The molecule has 14 heteroatoms. The zero-order chi connectivity index (χ0) is 17.6. The van der Waals surface area contributed by atoms with E-state index in [0.29, 0.717) is 0 Å². The largest absolute Gasteiger partial charge is 0.469 e. The molecule has 1 fully saturated rings. The van der Waals surface area contributed by atoms with Gasteiger partial charge < -0.3 is 30.5 Å². The number of aromatic nitrogens is 4. The van der Waals surface area contributed by atoms with E-state index in [2.05, 4.69) is 35.4 Å². The molecule has 0 radical (unpaired) electrons. The Morgan fingerprint density at radius 1 is 1.38 bits per heavy atom. The molecule has 0 bridgehead atoms. The lowest BCUT2D eigenvalue weighted by Crippen LogP contribution is -2.33. The van der Waals surface area contributed by atoms with Gasteiger partial charge in [0, 0.05) is 0 Å². The number of anilines is 1. The molecule has 2 aromatic rings. The van der Waals surface area contributed by atoms with E-state index in [-0.39, 0.29) is 21.7 Å². The Balaban J connectivity index is 1.89. The van der Waals surface area contributed by atoms with Gasteiger partial charge in [-0.15, -0.1) is 0 Å². The van der Waals surface area contributed by atoms with E-state index in [1.807, 2.05) is 0 Å². The van der Waals surface area contributed by atoms with Gasteiger partial charge in [0.1, 0.15) is 23.8 Å². The number of nitrogen functional groups attached to an aromatic ring is 1. The lowest BCUT2D eigenvalue weighted by Gasteiger charge is -2.16. The van der Waals surface area contributed by atoms with Crippen LogP contribution in [-0.2, 0) is 13.8 Å². The van der Waals surface area contributed by atoms with Gasteiger partial charge in [0.05, 0.1) is 12.9 Å². The third-order valence-electron chi connectivity index (χ3n) is 3.44. The molecule has 0 amide bonds. The van der Waals surface area contributed by atoms with Crippen LogP contribution in [0.3, 0.4) is 0 Å². The van der Waals surface area contributed by atoms with Gasteiger partial charge in [-0.1, -0.05) is 0 Å². The first-order valence-electron chi connectivity index (χ1n) is 6.54. The molecule has 0 unspecified atom stereocenters. The van der Waals surface area contributed by atoms with Gasteiger partial charge in [0.25, 0.3) is 0 Å². The molecule has 12 nitrogen and oxygen atoms in total. The molecule has 6 N–H and O–H groups in total. The van der Waals surface area contributed by atoms with Crippen molar-refractivity contribution in [2.24, 2.45) is 0 Å². The van der Waals surface area contributed by atoms with E-state index in [9.17, 15) is 14.8 Å². The normalized spacial score (nSPS) is 27.9. The molecule has 1 saturated heterocycles. The standard InChI is InChI=1S/C10H13BrN5O7P/c11-10-14-7(12)4-8(15-10)16(2-13-4)9-6(18)5(17)3(23-9)1-22-24(19,20)21/h2-3,5-6,9,17-18H,1H2,(H2,12,14,15)(H2,19,20,21)/t3-,5-,6-,9-/m1/s1. The molecule has 1 aliphatic heterocycles. The number of fused-ring (bicyclic) bond motifs is 1. The topological polar surface area (TPSA) is 186 Å². The first-order valence-corrected chi connectivity index (χ1v) is 8.87. The number of phosphoric ester groups is 1. The average molecular weight is 426 g/mol. The molecule has 3 heterocycles. The highest BCUT2D eigenvalue weighted by atomic mass is 79.9. The molecule has 0 aromatic carbocycles. The Hall–Kier alpha value is -1.18. The van der Waals surface area contributed by atoms with E-state index >= 15 is 0 Å². The number of hydrogen-bond donors (Lipinski definition) is 5. The number of halogens is 1. The van der Waals surface area contributed by atoms with E-state index in [1.54, 1.807) is 0 Å². The van der Waals surface area contributed by atoms with Gasteiger partial charge in [-0.05, 0) is 15.9 Å². The minimum absolute atomic E-state index is 0.111. The van der Waals surface area contributed by atoms with Crippen molar-refractivity contribution >= 4 is 40.7 Å². The van der Waals surface area contributed by atoms with Crippen molar-refractivity contribution in [3.05, 3.63) is 11.1 Å². The van der Waals surface area contributed by atoms with Crippen molar-refractivity contribution in [1.29, 1.82) is 0 Å². The zero-order valence-corrected chi connectivity index (χ0v) is 14.3. The third-order valence-corrected chi connectivity index (χ3v) is 4.28. The van der Waals surface area contributed by atoms with Crippen LogP contribution >= 0.6 is 23.8 Å². The van der Waals surface area contributed by atoms with Crippen LogP contribution in [0.15, 0.2) is 11.1 Å². The van der Waals surface area contributed by atoms with Crippen LogP contribution in [0.5, 0.6) is 0 Å². The minimum Gasteiger partial charge on any atom is -0.387 e. The summed E-state index contributed by atoms with van der Waals surface area (Å²) in [5, 5.41) is 20.2. The monoisotopic (exact) mass is 425 g/mol. The van der Waals surface area contributed by atoms with Crippen molar-refractivity contribution in [2.45, 2.75) is 24.5 Å². The Kier molecular flexibility index (Phi) is 4.61. The van der Waals surface area contributed by atoms with Gasteiger partial charge in [0.15, 0.2) is 17.7 Å². The highest BCUT2D eigenvalue weighted by Gasteiger charge is 2.45. The maximum absolute atomic E-state index is 10.8.